The van der Waals surface area contributed by atoms with Crippen molar-refractivity contribution in [1.29, 1.82) is 0 Å². The third kappa shape index (κ3) is 3.82. The van der Waals surface area contributed by atoms with Crippen LogP contribution in [0.1, 0.15) is 39.1 Å². The Bertz CT molecular complexity index is 349. The van der Waals surface area contributed by atoms with Gasteiger partial charge in [-0.3, -0.25) is 4.68 Å². The molecule has 0 aromatic carbocycles. The van der Waals surface area contributed by atoms with Crippen LogP contribution in [0.25, 0.3) is 0 Å². The Morgan fingerprint density at radius 1 is 1.39 bits per heavy atom. The van der Waals surface area contributed by atoms with Gasteiger partial charge in [0.15, 0.2) is 0 Å². The number of hydrogen-bond donors (Lipinski definition) is 1. The molecule has 0 radical (unpaired) electrons. The molecule has 18 heavy (non-hydrogen) atoms. The molecule has 0 aliphatic carbocycles. The fourth-order valence-electron chi connectivity index (χ4n) is 2.23. The van der Waals surface area contributed by atoms with Gasteiger partial charge in [-0.25, -0.2) is 0 Å². The molecule has 0 saturated carbocycles. The zero-order valence-corrected chi connectivity index (χ0v) is 12.4. The predicted octanol–water partition coefficient (Wildman–Crippen LogP) is 2.02. The molecule has 1 aromatic rings. The number of rotatable bonds is 8. The van der Waals surface area contributed by atoms with Crippen LogP contribution in [0, 0.1) is 0 Å². The number of aryl methyl sites for hydroxylation is 2. The monoisotopic (exact) mass is 253 g/mol. The quantitative estimate of drug-likeness (QED) is 0.770. The molecule has 1 heterocycles. The molecule has 2 atom stereocenters. The Balaban J connectivity index is 2.77. The van der Waals surface area contributed by atoms with Crippen molar-refractivity contribution >= 4 is 0 Å². The van der Waals surface area contributed by atoms with Gasteiger partial charge in [-0.2, -0.15) is 5.10 Å². The molecule has 4 heteroatoms. The Hall–Kier alpha value is -0.870. The van der Waals surface area contributed by atoms with Crippen LogP contribution in [0.3, 0.4) is 0 Å². The minimum atomic E-state index is 0.213. The van der Waals surface area contributed by atoms with Crippen molar-refractivity contribution in [2.75, 3.05) is 13.7 Å². The summed E-state index contributed by atoms with van der Waals surface area (Å²) in [4.78, 5) is 0. The largest absolute Gasteiger partial charge is 0.377 e. The second kappa shape index (κ2) is 7.54. The van der Waals surface area contributed by atoms with Crippen LogP contribution in [0.2, 0.25) is 0 Å². The summed E-state index contributed by atoms with van der Waals surface area (Å²) < 4.78 is 7.78. The van der Waals surface area contributed by atoms with Gasteiger partial charge in [0.25, 0.3) is 0 Å². The molecule has 0 aliphatic heterocycles. The van der Waals surface area contributed by atoms with Crippen LogP contribution in [0.4, 0.5) is 0 Å². The lowest BCUT2D eigenvalue weighted by Gasteiger charge is -2.23. The van der Waals surface area contributed by atoms with Gasteiger partial charge < -0.3 is 10.1 Å². The van der Waals surface area contributed by atoms with Crippen LogP contribution >= 0.6 is 0 Å². The second-order valence-corrected chi connectivity index (χ2v) is 4.56. The summed E-state index contributed by atoms with van der Waals surface area (Å²) in [6.45, 7) is 10.1. The summed E-state index contributed by atoms with van der Waals surface area (Å²) in [5.74, 6) is 0. The van der Waals surface area contributed by atoms with Crippen LogP contribution in [0.15, 0.2) is 6.07 Å². The zero-order valence-electron chi connectivity index (χ0n) is 12.4. The number of nitrogens with one attached hydrogen (secondary N) is 1. The molecule has 1 aromatic heterocycles. The molecule has 104 valence electrons. The lowest BCUT2D eigenvalue weighted by Crippen LogP contribution is -2.39. The van der Waals surface area contributed by atoms with Crippen molar-refractivity contribution in [2.24, 2.45) is 0 Å². The Morgan fingerprint density at radius 2 is 2.11 bits per heavy atom. The number of ether oxygens (including phenoxy) is 1. The zero-order chi connectivity index (χ0) is 13.5. The number of aromatic nitrogens is 2. The molecule has 0 fully saturated rings. The maximum absolute atomic E-state index is 5.68. The van der Waals surface area contributed by atoms with Gasteiger partial charge in [0.2, 0.25) is 0 Å². The standard InChI is InChI=1S/C14H27N3O/c1-6-12-9-13(17(7-2)16-12)10-14(15-5)11(4)18-8-3/h9,11,14-15H,6-8,10H2,1-5H3. The Labute approximate surface area is 111 Å². The van der Waals surface area contributed by atoms with Gasteiger partial charge in [0.05, 0.1) is 11.8 Å². The summed E-state index contributed by atoms with van der Waals surface area (Å²) in [6, 6.07) is 2.55. The minimum Gasteiger partial charge on any atom is -0.377 e. The van der Waals surface area contributed by atoms with Crippen LogP contribution in [0.5, 0.6) is 0 Å². The predicted molar refractivity (Wildman–Crippen MR) is 74.9 cm³/mol. The van der Waals surface area contributed by atoms with E-state index >= 15 is 0 Å². The fraction of sp³-hybridized carbons (Fsp3) is 0.786. The van der Waals surface area contributed by atoms with E-state index in [-0.39, 0.29) is 6.10 Å². The van der Waals surface area contributed by atoms with Crippen LogP contribution in [-0.4, -0.2) is 35.6 Å². The molecule has 4 nitrogen and oxygen atoms in total. The highest BCUT2D eigenvalue weighted by Gasteiger charge is 2.18. The highest BCUT2D eigenvalue weighted by atomic mass is 16.5. The summed E-state index contributed by atoms with van der Waals surface area (Å²) in [5.41, 5.74) is 2.46. The molecule has 0 bridgehead atoms. The molecule has 0 aliphatic rings. The van der Waals surface area contributed by atoms with Gasteiger partial charge in [-0.15, -0.1) is 0 Å². The van der Waals surface area contributed by atoms with Crippen molar-refractivity contribution in [3.63, 3.8) is 0 Å². The first-order chi connectivity index (χ1) is 8.65. The highest BCUT2D eigenvalue weighted by molar-refractivity contribution is 5.12. The summed E-state index contributed by atoms with van der Waals surface area (Å²) in [6.07, 6.45) is 2.16. The van der Waals surface area contributed by atoms with E-state index in [1.165, 1.54) is 11.4 Å². The first kappa shape index (κ1) is 15.2. The van der Waals surface area contributed by atoms with Crippen molar-refractivity contribution in [3.05, 3.63) is 17.5 Å². The molecule has 1 N–H and O–H groups in total. The molecular weight excluding hydrogens is 226 g/mol. The topological polar surface area (TPSA) is 39.1 Å². The molecule has 0 amide bonds. The van der Waals surface area contributed by atoms with Crippen molar-refractivity contribution in [1.82, 2.24) is 15.1 Å². The minimum absolute atomic E-state index is 0.213. The maximum atomic E-state index is 5.68. The van der Waals surface area contributed by atoms with Gasteiger partial charge in [-0.1, -0.05) is 6.92 Å². The summed E-state index contributed by atoms with van der Waals surface area (Å²) >= 11 is 0. The van der Waals surface area contributed by atoms with Crippen molar-refractivity contribution < 1.29 is 4.74 Å². The molecule has 0 spiro atoms. The Morgan fingerprint density at radius 3 is 2.61 bits per heavy atom. The van der Waals surface area contributed by atoms with Crippen molar-refractivity contribution in [2.45, 2.75) is 59.2 Å². The summed E-state index contributed by atoms with van der Waals surface area (Å²) in [5, 5.41) is 7.94. The molecule has 1 rings (SSSR count). The smallest absolute Gasteiger partial charge is 0.0703 e. The molecular formula is C14H27N3O. The Kier molecular flexibility index (Phi) is 6.36. The van der Waals surface area contributed by atoms with Crippen molar-refractivity contribution in [3.8, 4) is 0 Å². The van der Waals surface area contributed by atoms with Gasteiger partial charge in [-0.05, 0) is 40.3 Å². The van der Waals surface area contributed by atoms with E-state index < -0.39 is 0 Å². The van der Waals surface area contributed by atoms with E-state index in [9.17, 15) is 0 Å². The molecule has 2 unspecified atom stereocenters. The maximum Gasteiger partial charge on any atom is 0.0703 e. The third-order valence-corrected chi connectivity index (χ3v) is 3.37. The normalized spacial score (nSPS) is 14.7. The second-order valence-electron chi connectivity index (χ2n) is 4.56. The van der Waals surface area contributed by atoms with Crippen LogP contribution < -0.4 is 5.32 Å². The summed E-state index contributed by atoms with van der Waals surface area (Å²) in [7, 11) is 1.99. The van der Waals surface area contributed by atoms with E-state index in [1.807, 2.05) is 14.0 Å². The highest BCUT2D eigenvalue weighted by Crippen LogP contribution is 2.11. The van der Waals surface area contributed by atoms with Gasteiger partial charge in [0.1, 0.15) is 0 Å². The van der Waals surface area contributed by atoms with E-state index in [2.05, 4.69) is 41.9 Å². The van der Waals surface area contributed by atoms with Gasteiger partial charge >= 0.3 is 0 Å². The SMILES string of the molecule is CCOC(C)C(Cc1cc(CC)nn1CC)NC. The third-order valence-electron chi connectivity index (χ3n) is 3.37. The van der Waals surface area contributed by atoms with E-state index in [1.54, 1.807) is 0 Å². The fourth-order valence-corrected chi connectivity index (χ4v) is 2.23. The number of nitrogens with zero attached hydrogens (tertiary/aromatic N) is 2. The molecule has 0 saturated heterocycles. The van der Waals surface area contributed by atoms with Crippen LogP contribution in [-0.2, 0) is 24.1 Å². The lowest BCUT2D eigenvalue weighted by atomic mass is 10.1. The average molecular weight is 253 g/mol. The average Bonchev–Trinajstić information content (AvgIpc) is 2.78. The number of hydrogen-bond acceptors (Lipinski definition) is 3. The van der Waals surface area contributed by atoms with E-state index in [4.69, 9.17) is 4.74 Å². The van der Waals surface area contributed by atoms with E-state index in [0.29, 0.717) is 6.04 Å². The van der Waals surface area contributed by atoms with E-state index in [0.717, 1.165) is 26.0 Å². The lowest BCUT2D eigenvalue weighted by molar-refractivity contribution is 0.0491. The first-order valence-electron chi connectivity index (χ1n) is 7.00. The number of likely N-dealkylation sites (N-methyl/N-ethyl adjacent to an activating group) is 1. The van der Waals surface area contributed by atoms with Gasteiger partial charge in [0, 0.05) is 31.3 Å². The first-order valence-corrected chi connectivity index (χ1v) is 7.00.